The highest BCUT2D eigenvalue weighted by atomic mass is 16.5. The van der Waals surface area contributed by atoms with E-state index in [0.29, 0.717) is 36.5 Å². The zero-order chi connectivity index (χ0) is 31.3. The number of amides is 3. The summed E-state index contributed by atoms with van der Waals surface area (Å²) in [7, 11) is 1.53. The van der Waals surface area contributed by atoms with Gasteiger partial charge in [0.15, 0.2) is 5.60 Å². The van der Waals surface area contributed by atoms with Crippen molar-refractivity contribution < 1.29 is 29.3 Å². The van der Waals surface area contributed by atoms with Crippen LogP contribution in [0.3, 0.4) is 0 Å². The van der Waals surface area contributed by atoms with Crippen LogP contribution in [-0.4, -0.2) is 59.6 Å². The van der Waals surface area contributed by atoms with Crippen LogP contribution in [0.15, 0.2) is 84.9 Å². The Morgan fingerprint density at radius 3 is 2.48 bits per heavy atom. The molecule has 0 aromatic heterocycles. The van der Waals surface area contributed by atoms with Gasteiger partial charge in [0.25, 0.3) is 5.91 Å². The quantitative estimate of drug-likeness (QED) is 0.304. The highest BCUT2D eigenvalue weighted by Gasteiger charge is 2.52. The van der Waals surface area contributed by atoms with Crippen molar-refractivity contribution in [3.8, 4) is 5.75 Å². The van der Waals surface area contributed by atoms with Crippen LogP contribution < -0.4 is 14.5 Å². The molecule has 3 amide bonds. The summed E-state index contributed by atoms with van der Waals surface area (Å²) in [5, 5.41) is 21.6. The van der Waals surface area contributed by atoms with Gasteiger partial charge in [-0.25, -0.2) is 0 Å². The Morgan fingerprint density at radius 2 is 1.82 bits per heavy atom. The third kappa shape index (κ3) is 6.25. The van der Waals surface area contributed by atoms with E-state index in [4.69, 9.17) is 4.74 Å². The SMILES string of the molecule is COc1ccc2c(c1)[C@](O)([C@@H](C)/C=C/CC(=O)N(CCO)Cc1ccccc1)C(=O)N2Cc1ccc(N2CCCC2=O)cc1. The maximum atomic E-state index is 14.0. The molecule has 2 atom stereocenters. The number of aliphatic hydroxyl groups excluding tert-OH is 1. The topological polar surface area (TPSA) is 111 Å². The molecule has 0 aliphatic carbocycles. The Hall–Kier alpha value is -4.47. The van der Waals surface area contributed by atoms with Crippen LogP contribution in [0.4, 0.5) is 11.4 Å². The summed E-state index contributed by atoms with van der Waals surface area (Å²) in [6.07, 6.45) is 4.83. The Balaban J connectivity index is 1.33. The van der Waals surface area contributed by atoms with Crippen LogP contribution in [0.1, 0.15) is 42.9 Å². The second-order valence-electron chi connectivity index (χ2n) is 11.3. The Morgan fingerprint density at radius 1 is 1.07 bits per heavy atom. The lowest BCUT2D eigenvalue weighted by molar-refractivity contribution is -0.139. The summed E-state index contributed by atoms with van der Waals surface area (Å²) < 4.78 is 5.42. The van der Waals surface area contributed by atoms with Gasteiger partial charge in [0.1, 0.15) is 5.75 Å². The highest BCUT2D eigenvalue weighted by Crippen LogP contribution is 2.47. The summed E-state index contributed by atoms with van der Waals surface area (Å²) in [6.45, 7) is 3.12. The minimum absolute atomic E-state index is 0.0575. The maximum absolute atomic E-state index is 14.0. The van der Waals surface area contributed by atoms with Gasteiger partial charge < -0.3 is 29.6 Å². The molecule has 5 rings (SSSR count). The Bertz CT molecular complexity index is 1520. The van der Waals surface area contributed by atoms with Gasteiger partial charge in [-0.1, -0.05) is 61.5 Å². The van der Waals surface area contributed by atoms with Crippen molar-refractivity contribution in [3.63, 3.8) is 0 Å². The standard InChI is InChI=1S/C35H39N3O6/c1-25(8-6-11-32(40)36(20-21-39)23-26-9-4-3-5-10-26)35(43)30-22-29(44-2)17-18-31(30)38(34(35)42)24-27-13-15-28(16-14-27)37-19-7-12-33(37)41/h3-6,8-10,13-18,22,25,39,43H,7,11-12,19-21,23-24H2,1-2H3/b8-6+/t25-,35+/m0/s1. The first-order valence-corrected chi connectivity index (χ1v) is 15.0. The van der Waals surface area contributed by atoms with E-state index in [0.717, 1.165) is 23.2 Å². The fourth-order valence-electron chi connectivity index (χ4n) is 5.95. The minimum Gasteiger partial charge on any atom is -0.497 e. The molecule has 2 aliphatic rings. The molecule has 9 heteroatoms. The van der Waals surface area contributed by atoms with Gasteiger partial charge in [-0.15, -0.1) is 0 Å². The molecule has 230 valence electrons. The van der Waals surface area contributed by atoms with Crippen molar-refractivity contribution in [2.75, 3.05) is 36.6 Å². The molecule has 1 fully saturated rings. The summed E-state index contributed by atoms with van der Waals surface area (Å²) >= 11 is 0. The molecule has 1 saturated heterocycles. The van der Waals surface area contributed by atoms with E-state index in [1.807, 2.05) is 54.6 Å². The molecule has 3 aromatic rings. The number of aliphatic hydroxyl groups is 2. The number of nitrogens with zero attached hydrogens (tertiary/aromatic N) is 3. The van der Waals surface area contributed by atoms with Crippen LogP contribution in [0, 0.1) is 5.92 Å². The monoisotopic (exact) mass is 597 g/mol. The van der Waals surface area contributed by atoms with E-state index in [2.05, 4.69) is 0 Å². The molecular formula is C35H39N3O6. The molecule has 9 nitrogen and oxygen atoms in total. The molecule has 2 N–H and O–H groups in total. The lowest BCUT2D eigenvalue weighted by Crippen LogP contribution is -2.44. The van der Waals surface area contributed by atoms with E-state index >= 15 is 0 Å². The number of carbonyl (C=O) groups excluding carboxylic acids is 3. The van der Waals surface area contributed by atoms with Crippen molar-refractivity contribution in [3.05, 3.63) is 102 Å². The van der Waals surface area contributed by atoms with Gasteiger partial charge in [-0.05, 0) is 47.9 Å². The second kappa shape index (κ2) is 13.4. The van der Waals surface area contributed by atoms with Gasteiger partial charge in [0.05, 0.1) is 25.9 Å². The molecule has 0 unspecified atom stereocenters. The van der Waals surface area contributed by atoms with Crippen LogP contribution in [0.25, 0.3) is 0 Å². The third-order valence-electron chi connectivity index (χ3n) is 8.45. The summed E-state index contributed by atoms with van der Waals surface area (Å²) in [6, 6.07) is 22.4. The van der Waals surface area contributed by atoms with Crippen molar-refractivity contribution >= 4 is 29.1 Å². The number of hydrogen-bond donors (Lipinski definition) is 2. The van der Waals surface area contributed by atoms with E-state index in [9.17, 15) is 24.6 Å². The van der Waals surface area contributed by atoms with Crippen LogP contribution in [-0.2, 0) is 33.1 Å². The molecule has 0 spiro atoms. The van der Waals surface area contributed by atoms with Crippen LogP contribution in [0.2, 0.25) is 0 Å². The number of rotatable bonds is 12. The minimum atomic E-state index is -1.87. The van der Waals surface area contributed by atoms with Crippen molar-refractivity contribution in [1.82, 2.24) is 4.90 Å². The average Bonchev–Trinajstić information content (AvgIpc) is 3.56. The lowest BCUT2D eigenvalue weighted by Gasteiger charge is -2.28. The number of hydrogen-bond acceptors (Lipinski definition) is 6. The molecule has 0 saturated carbocycles. The smallest absolute Gasteiger partial charge is 0.264 e. The second-order valence-corrected chi connectivity index (χ2v) is 11.3. The fraction of sp³-hybridized carbons (Fsp3) is 0.343. The zero-order valence-corrected chi connectivity index (χ0v) is 25.2. The molecule has 44 heavy (non-hydrogen) atoms. The summed E-state index contributed by atoms with van der Waals surface area (Å²) in [4.78, 5) is 44.1. The molecule has 2 heterocycles. The number of fused-ring (bicyclic) bond motifs is 1. The molecule has 3 aromatic carbocycles. The van der Waals surface area contributed by atoms with E-state index in [-0.39, 0.29) is 37.9 Å². The Labute approximate surface area is 258 Å². The van der Waals surface area contributed by atoms with E-state index < -0.39 is 17.4 Å². The fourth-order valence-corrected chi connectivity index (χ4v) is 5.95. The third-order valence-corrected chi connectivity index (χ3v) is 8.45. The molecule has 2 aliphatic heterocycles. The van der Waals surface area contributed by atoms with E-state index in [1.54, 1.807) is 52.0 Å². The van der Waals surface area contributed by atoms with Crippen molar-refractivity contribution in [2.45, 2.75) is 44.9 Å². The van der Waals surface area contributed by atoms with E-state index in [1.165, 1.54) is 7.11 Å². The molecule has 0 bridgehead atoms. The predicted octanol–water partition coefficient (Wildman–Crippen LogP) is 4.16. The van der Waals surface area contributed by atoms with Crippen molar-refractivity contribution in [1.29, 1.82) is 0 Å². The summed E-state index contributed by atoms with van der Waals surface area (Å²) in [5.41, 5.74) is 1.81. The number of benzene rings is 3. The van der Waals surface area contributed by atoms with Gasteiger partial charge in [-0.2, -0.15) is 0 Å². The summed E-state index contributed by atoms with van der Waals surface area (Å²) in [5.74, 6) is -0.666. The van der Waals surface area contributed by atoms with Gasteiger partial charge >= 0.3 is 0 Å². The van der Waals surface area contributed by atoms with Crippen molar-refractivity contribution in [2.24, 2.45) is 5.92 Å². The molecular weight excluding hydrogens is 558 g/mol. The maximum Gasteiger partial charge on any atom is 0.264 e. The molecule has 0 radical (unpaired) electrons. The number of anilines is 2. The zero-order valence-electron chi connectivity index (χ0n) is 25.2. The first kappa shape index (κ1) is 31.0. The van der Waals surface area contributed by atoms with Crippen LogP contribution >= 0.6 is 0 Å². The number of methoxy groups -OCH3 is 1. The van der Waals surface area contributed by atoms with Gasteiger partial charge in [0.2, 0.25) is 11.8 Å². The van der Waals surface area contributed by atoms with Crippen LogP contribution in [0.5, 0.6) is 5.75 Å². The number of ether oxygens (including phenoxy) is 1. The normalized spacial score (nSPS) is 18.6. The highest BCUT2D eigenvalue weighted by molar-refractivity contribution is 6.07. The predicted molar refractivity (Wildman–Crippen MR) is 168 cm³/mol. The lowest BCUT2D eigenvalue weighted by atomic mass is 9.83. The average molecular weight is 598 g/mol. The largest absolute Gasteiger partial charge is 0.497 e. The van der Waals surface area contributed by atoms with Gasteiger partial charge in [0, 0.05) is 49.6 Å². The Kier molecular flexibility index (Phi) is 9.46. The first-order valence-electron chi connectivity index (χ1n) is 15.0. The first-order chi connectivity index (χ1) is 21.3. The van der Waals surface area contributed by atoms with Gasteiger partial charge in [-0.3, -0.25) is 14.4 Å². The number of carbonyl (C=O) groups is 3.